The molecule has 4 heteroatoms. The predicted octanol–water partition coefficient (Wildman–Crippen LogP) is 3.97. The molecule has 22 heavy (non-hydrogen) atoms. The molecule has 0 bridgehead atoms. The van der Waals surface area contributed by atoms with Crippen molar-refractivity contribution in [3.8, 4) is 11.5 Å². The second kappa shape index (κ2) is 6.19. The molecule has 0 atom stereocenters. The highest BCUT2D eigenvalue weighted by molar-refractivity contribution is 5.75. The van der Waals surface area contributed by atoms with E-state index in [1.165, 1.54) is 0 Å². The van der Waals surface area contributed by atoms with Gasteiger partial charge >= 0.3 is 5.97 Å². The number of rotatable bonds is 4. The molecule has 0 saturated heterocycles. The fourth-order valence-electron chi connectivity index (χ4n) is 2.55. The number of esters is 1. The fourth-order valence-corrected chi connectivity index (χ4v) is 2.55. The van der Waals surface area contributed by atoms with E-state index in [9.17, 15) is 15.0 Å². The summed E-state index contributed by atoms with van der Waals surface area (Å²) in [5.74, 6) is 0.128. The maximum absolute atomic E-state index is 11.8. The van der Waals surface area contributed by atoms with Gasteiger partial charge in [-0.05, 0) is 63.6 Å². The Bertz CT molecular complexity index is 565. The van der Waals surface area contributed by atoms with Crippen LogP contribution in [0.5, 0.6) is 11.5 Å². The molecule has 1 aromatic rings. The van der Waals surface area contributed by atoms with Gasteiger partial charge in [0.25, 0.3) is 0 Å². The Morgan fingerprint density at radius 3 is 2.18 bits per heavy atom. The Balaban J connectivity index is 2.92. The predicted molar refractivity (Wildman–Crippen MR) is 87.3 cm³/mol. The lowest BCUT2D eigenvalue weighted by Crippen LogP contribution is -2.27. The number of phenols is 2. The van der Waals surface area contributed by atoms with Gasteiger partial charge < -0.3 is 14.9 Å². The van der Waals surface area contributed by atoms with E-state index in [1.807, 2.05) is 34.6 Å². The van der Waals surface area contributed by atoms with Crippen LogP contribution in [0.2, 0.25) is 0 Å². The minimum atomic E-state index is -0.523. The van der Waals surface area contributed by atoms with Crippen LogP contribution in [-0.2, 0) is 14.9 Å². The molecule has 1 aromatic carbocycles. The number of ether oxygens (including phenoxy) is 1. The summed E-state index contributed by atoms with van der Waals surface area (Å²) in [5, 5.41) is 20.3. The van der Waals surface area contributed by atoms with Gasteiger partial charge in [0.2, 0.25) is 0 Å². The largest absolute Gasteiger partial charge is 0.508 e. The zero-order valence-electron chi connectivity index (χ0n) is 14.7. The summed E-state index contributed by atoms with van der Waals surface area (Å²) < 4.78 is 5.31. The molecular formula is C18H28O4. The fraction of sp³-hybridized carbons (Fsp3) is 0.611. The Morgan fingerprint density at radius 2 is 1.68 bits per heavy atom. The monoisotopic (exact) mass is 308 g/mol. The molecule has 4 nitrogen and oxygen atoms in total. The zero-order chi connectivity index (χ0) is 17.3. The van der Waals surface area contributed by atoms with Crippen LogP contribution in [0.15, 0.2) is 6.07 Å². The second-order valence-electron chi connectivity index (χ2n) is 7.58. The van der Waals surface area contributed by atoms with Crippen molar-refractivity contribution in [2.75, 3.05) is 6.61 Å². The van der Waals surface area contributed by atoms with Crippen LogP contribution in [0, 0.1) is 19.3 Å². The van der Waals surface area contributed by atoms with E-state index in [0.29, 0.717) is 23.1 Å². The summed E-state index contributed by atoms with van der Waals surface area (Å²) in [6.45, 7) is 13.2. The van der Waals surface area contributed by atoms with Gasteiger partial charge in [0, 0.05) is 5.56 Å². The molecular weight excluding hydrogens is 280 g/mol. The second-order valence-corrected chi connectivity index (χ2v) is 7.58. The van der Waals surface area contributed by atoms with Gasteiger partial charge in [-0.2, -0.15) is 0 Å². The number of benzene rings is 1. The summed E-state index contributed by atoms with van der Waals surface area (Å²) in [6, 6.07) is 1.57. The van der Waals surface area contributed by atoms with Crippen molar-refractivity contribution in [2.24, 2.45) is 5.41 Å². The number of phenolic OH excluding ortho intramolecular Hbond substituents is 2. The van der Waals surface area contributed by atoms with Crippen molar-refractivity contribution in [1.29, 1.82) is 0 Å². The molecule has 0 heterocycles. The van der Waals surface area contributed by atoms with E-state index in [2.05, 4.69) is 0 Å². The minimum absolute atomic E-state index is 0.167. The zero-order valence-corrected chi connectivity index (χ0v) is 14.7. The third-order valence-corrected chi connectivity index (χ3v) is 3.96. The third-order valence-electron chi connectivity index (χ3n) is 3.96. The first-order valence-corrected chi connectivity index (χ1v) is 7.58. The summed E-state index contributed by atoms with van der Waals surface area (Å²) >= 11 is 0. The molecule has 0 fully saturated rings. The molecule has 0 aliphatic heterocycles. The normalized spacial score (nSPS) is 12.3. The lowest BCUT2D eigenvalue weighted by atomic mass is 9.78. The first kappa shape index (κ1) is 18.3. The maximum atomic E-state index is 11.8. The average Bonchev–Trinajstić information content (AvgIpc) is 2.34. The Labute approximate surface area is 133 Å². The van der Waals surface area contributed by atoms with Crippen LogP contribution in [0.3, 0.4) is 0 Å². The molecule has 0 aliphatic carbocycles. The molecule has 0 amide bonds. The first-order valence-electron chi connectivity index (χ1n) is 7.58. The molecule has 0 spiro atoms. The van der Waals surface area contributed by atoms with Gasteiger partial charge in [-0.25, -0.2) is 0 Å². The van der Waals surface area contributed by atoms with Crippen LogP contribution < -0.4 is 0 Å². The van der Waals surface area contributed by atoms with Crippen molar-refractivity contribution in [3.63, 3.8) is 0 Å². The minimum Gasteiger partial charge on any atom is -0.508 e. The van der Waals surface area contributed by atoms with Crippen LogP contribution in [0.25, 0.3) is 0 Å². The van der Waals surface area contributed by atoms with Crippen LogP contribution in [-0.4, -0.2) is 22.8 Å². The lowest BCUT2D eigenvalue weighted by Gasteiger charge is -2.29. The highest BCUT2D eigenvalue weighted by atomic mass is 16.5. The Hall–Kier alpha value is -1.71. The number of hydrogen-bond donors (Lipinski definition) is 2. The van der Waals surface area contributed by atoms with E-state index in [1.54, 1.807) is 19.9 Å². The van der Waals surface area contributed by atoms with E-state index >= 15 is 0 Å². The average molecular weight is 308 g/mol. The summed E-state index contributed by atoms with van der Waals surface area (Å²) in [7, 11) is 0. The molecule has 0 saturated carbocycles. The standard InChI is InChI=1S/C18H28O4/c1-11-10-13(19)14(12(2)15(11)20)18(6,7)8-9-22-16(21)17(3,4)5/h10,19-20H,8-9H2,1-7H3. The quantitative estimate of drug-likeness (QED) is 0.652. The van der Waals surface area contributed by atoms with Gasteiger partial charge in [0.1, 0.15) is 11.5 Å². The molecule has 0 unspecified atom stereocenters. The van der Waals surface area contributed by atoms with Crippen molar-refractivity contribution < 1.29 is 19.7 Å². The van der Waals surface area contributed by atoms with Crippen molar-refractivity contribution in [3.05, 3.63) is 22.8 Å². The molecule has 1 rings (SSSR count). The topological polar surface area (TPSA) is 66.8 Å². The molecule has 0 aliphatic rings. The number of aryl methyl sites for hydroxylation is 1. The summed E-state index contributed by atoms with van der Waals surface area (Å²) in [6.07, 6.45) is 0.561. The van der Waals surface area contributed by atoms with E-state index in [4.69, 9.17) is 4.74 Å². The van der Waals surface area contributed by atoms with Crippen LogP contribution >= 0.6 is 0 Å². The molecule has 2 N–H and O–H groups in total. The SMILES string of the molecule is Cc1cc(O)c(C(C)(C)CCOC(=O)C(C)(C)C)c(C)c1O. The number of hydrogen-bond acceptors (Lipinski definition) is 4. The van der Waals surface area contributed by atoms with E-state index in [-0.39, 0.29) is 24.1 Å². The van der Waals surface area contributed by atoms with Gasteiger partial charge in [0.05, 0.1) is 12.0 Å². The number of carbonyl (C=O) groups is 1. The summed E-state index contributed by atoms with van der Waals surface area (Å²) in [4.78, 5) is 11.8. The van der Waals surface area contributed by atoms with Gasteiger partial charge in [-0.15, -0.1) is 0 Å². The Morgan fingerprint density at radius 1 is 1.14 bits per heavy atom. The van der Waals surface area contributed by atoms with Gasteiger partial charge in [0.15, 0.2) is 0 Å². The maximum Gasteiger partial charge on any atom is 0.311 e. The third kappa shape index (κ3) is 3.93. The smallest absolute Gasteiger partial charge is 0.311 e. The number of carbonyl (C=O) groups excluding carboxylic acids is 1. The van der Waals surface area contributed by atoms with Crippen LogP contribution in [0.4, 0.5) is 0 Å². The number of aromatic hydroxyl groups is 2. The van der Waals surface area contributed by atoms with Crippen molar-refractivity contribution in [2.45, 2.75) is 60.3 Å². The van der Waals surface area contributed by atoms with Crippen LogP contribution in [0.1, 0.15) is 57.7 Å². The van der Waals surface area contributed by atoms with E-state index < -0.39 is 10.8 Å². The Kier molecular flexibility index (Phi) is 5.16. The van der Waals surface area contributed by atoms with Crippen molar-refractivity contribution >= 4 is 5.97 Å². The van der Waals surface area contributed by atoms with Gasteiger partial charge in [-0.1, -0.05) is 13.8 Å². The first-order chi connectivity index (χ1) is 9.88. The molecule has 0 aromatic heterocycles. The van der Waals surface area contributed by atoms with Gasteiger partial charge in [-0.3, -0.25) is 4.79 Å². The highest BCUT2D eigenvalue weighted by Gasteiger charge is 2.29. The highest BCUT2D eigenvalue weighted by Crippen LogP contribution is 2.41. The summed E-state index contributed by atoms with van der Waals surface area (Å²) in [5.41, 5.74) is 1.07. The molecule has 124 valence electrons. The molecule has 0 radical (unpaired) electrons. The van der Waals surface area contributed by atoms with E-state index in [0.717, 1.165) is 0 Å². The lowest BCUT2D eigenvalue weighted by molar-refractivity contribution is -0.153. The van der Waals surface area contributed by atoms with Crippen molar-refractivity contribution in [1.82, 2.24) is 0 Å².